The van der Waals surface area contributed by atoms with Crippen LogP contribution in [0.4, 0.5) is 13.2 Å². The average Bonchev–Trinajstić information content (AvgIpc) is 3.07. The maximum absolute atomic E-state index is 12.5. The third-order valence-corrected chi connectivity index (χ3v) is 4.79. The molecule has 9 heteroatoms. The van der Waals surface area contributed by atoms with E-state index in [9.17, 15) is 13.2 Å². The van der Waals surface area contributed by atoms with Crippen molar-refractivity contribution in [2.75, 3.05) is 20.1 Å². The second kappa shape index (κ2) is 10.8. The van der Waals surface area contributed by atoms with Crippen molar-refractivity contribution in [1.82, 2.24) is 15.6 Å². The molecular formula is C18H24F3IN4S. The van der Waals surface area contributed by atoms with Crippen LogP contribution in [-0.2, 0) is 12.6 Å². The molecule has 2 N–H and O–H groups in total. The van der Waals surface area contributed by atoms with Gasteiger partial charge in [0.05, 0.1) is 5.01 Å². The Morgan fingerprint density at radius 3 is 2.63 bits per heavy atom. The smallest absolute Gasteiger partial charge is 0.356 e. The van der Waals surface area contributed by atoms with E-state index >= 15 is 0 Å². The van der Waals surface area contributed by atoms with Crippen molar-refractivity contribution in [3.63, 3.8) is 0 Å². The van der Waals surface area contributed by atoms with Gasteiger partial charge in [0.2, 0.25) is 0 Å². The number of rotatable bonds is 6. The topological polar surface area (TPSA) is 49.3 Å². The molecule has 0 aliphatic rings. The molecule has 0 fully saturated rings. The van der Waals surface area contributed by atoms with Crippen LogP contribution in [0, 0.1) is 6.92 Å². The van der Waals surface area contributed by atoms with Gasteiger partial charge in [-0.3, -0.25) is 4.99 Å². The molecule has 1 unspecified atom stereocenters. The summed E-state index contributed by atoms with van der Waals surface area (Å²) >= 11 is 1.02. The Bertz CT molecular complexity index is 746. The largest absolute Gasteiger partial charge is 0.434 e. The van der Waals surface area contributed by atoms with Gasteiger partial charge in [0.1, 0.15) is 0 Å². The summed E-state index contributed by atoms with van der Waals surface area (Å²) in [6.45, 7) is 5.36. The number of hydrogen-bond donors (Lipinski definition) is 2. The first-order valence-electron chi connectivity index (χ1n) is 8.32. The summed E-state index contributed by atoms with van der Waals surface area (Å²) in [5, 5.41) is 7.85. The molecule has 0 saturated carbocycles. The van der Waals surface area contributed by atoms with Crippen molar-refractivity contribution in [3.8, 4) is 0 Å². The van der Waals surface area contributed by atoms with E-state index in [1.807, 2.05) is 6.07 Å². The van der Waals surface area contributed by atoms with Crippen LogP contribution in [0.2, 0.25) is 0 Å². The highest BCUT2D eigenvalue weighted by molar-refractivity contribution is 14.0. The lowest BCUT2D eigenvalue weighted by molar-refractivity contribution is -0.140. The van der Waals surface area contributed by atoms with Crippen LogP contribution >= 0.6 is 35.3 Å². The van der Waals surface area contributed by atoms with Gasteiger partial charge in [-0.15, -0.1) is 35.3 Å². The number of aromatic nitrogens is 1. The van der Waals surface area contributed by atoms with E-state index in [0.29, 0.717) is 36.4 Å². The fraction of sp³-hybridized carbons (Fsp3) is 0.444. The summed E-state index contributed by atoms with van der Waals surface area (Å²) < 4.78 is 37.6. The van der Waals surface area contributed by atoms with Gasteiger partial charge in [-0.2, -0.15) is 13.2 Å². The molecule has 150 valence electrons. The number of hydrogen-bond acceptors (Lipinski definition) is 3. The van der Waals surface area contributed by atoms with E-state index in [0.717, 1.165) is 16.7 Å². The van der Waals surface area contributed by atoms with Crippen molar-refractivity contribution in [3.05, 3.63) is 51.5 Å². The predicted octanol–water partition coefficient (Wildman–Crippen LogP) is 4.60. The van der Waals surface area contributed by atoms with E-state index in [2.05, 4.69) is 52.7 Å². The monoisotopic (exact) mass is 512 g/mol. The van der Waals surface area contributed by atoms with Gasteiger partial charge in [0, 0.05) is 31.9 Å². The van der Waals surface area contributed by atoms with Crippen molar-refractivity contribution in [1.29, 1.82) is 0 Å². The lowest BCUT2D eigenvalue weighted by Crippen LogP contribution is -2.39. The van der Waals surface area contributed by atoms with Gasteiger partial charge < -0.3 is 10.6 Å². The van der Waals surface area contributed by atoms with E-state index < -0.39 is 11.9 Å². The first kappa shape index (κ1) is 23.7. The molecule has 0 spiro atoms. The Balaban J connectivity index is 0.00000364. The van der Waals surface area contributed by atoms with Crippen molar-refractivity contribution < 1.29 is 13.2 Å². The molecule has 0 radical (unpaired) electrons. The highest BCUT2D eigenvalue weighted by atomic mass is 127. The minimum Gasteiger partial charge on any atom is -0.356 e. The molecule has 1 heterocycles. The van der Waals surface area contributed by atoms with Gasteiger partial charge >= 0.3 is 6.18 Å². The first-order chi connectivity index (χ1) is 12.3. The summed E-state index contributed by atoms with van der Waals surface area (Å²) in [6, 6.07) is 8.35. The van der Waals surface area contributed by atoms with Crippen LogP contribution in [0.15, 0.2) is 34.6 Å². The minimum absolute atomic E-state index is 0. The van der Waals surface area contributed by atoms with Crippen LogP contribution in [0.3, 0.4) is 0 Å². The van der Waals surface area contributed by atoms with E-state index in [4.69, 9.17) is 0 Å². The summed E-state index contributed by atoms with van der Waals surface area (Å²) in [5.41, 5.74) is 1.64. The van der Waals surface area contributed by atoms with Crippen LogP contribution < -0.4 is 10.6 Å². The van der Waals surface area contributed by atoms with Crippen LogP contribution in [0.1, 0.15) is 34.7 Å². The summed E-state index contributed by atoms with van der Waals surface area (Å²) in [4.78, 5) is 7.76. The zero-order valence-corrected chi connectivity index (χ0v) is 18.6. The Morgan fingerprint density at radius 1 is 1.30 bits per heavy atom. The zero-order chi connectivity index (χ0) is 19.2. The fourth-order valence-corrected chi connectivity index (χ4v) is 3.21. The fourth-order valence-electron chi connectivity index (χ4n) is 2.41. The molecule has 0 saturated heterocycles. The molecule has 0 bridgehead atoms. The quantitative estimate of drug-likeness (QED) is 0.338. The molecule has 1 aromatic heterocycles. The third kappa shape index (κ3) is 7.65. The minimum atomic E-state index is -4.38. The molecular weight excluding hydrogens is 488 g/mol. The number of guanidine groups is 1. The number of aliphatic imine (C=N–C) groups is 1. The molecule has 27 heavy (non-hydrogen) atoms. The van der Waals surface area contributed by atoms with Crippen LogP contribution in [-0.4, -0.2) is 31.1 Å². The van der Waals surface area contributed by atoms with Crippen molar-refractivity contribution in [2.24, 2.45) is 4.99 Å². The number of nitrogens with one attached hydrogen (secondary N) is 2. The number of halogens is 4. The van der Waals surface area contributed by atoms with Gasteiger partial charge in [-0.25, -0.2) is 4.98 Å². The highest BCUT2D eigenvalue weighted by Gasteiger charge is 2.33. The standard InChI is InChI=1S/C18H23F3N4S.HI/c1-12-5-4-6-14(9-12)13(2)10-24-17(22-3)23-8-7-16-25-15(11-26-16)18(19,20)21;/h4-6,9,11,13H,7-8,10H2,1-3H3,(H2,22,23,24);1H. The molecule has 2 rings (SSSR count). The van der Waals surface area contributed by atoms with E-state index in [1.54, 1.807) is 7.05 Å². The average molecular weight is 512 g/mol. The maximum Gasteiger partial charge on any atom is 0.434 e. The lowest BCUT2D eigenvalue weighted by Gasteiger charge is -2.16. The molecule has 2 aromatic rings. The normalized spacial score (nSPS) is 13.0. The Labute approximate surface area is 178 Å². The van der Waals surface area contributed by atoms with Gasteiger partial charge in [0.15, 0.2) is 11.7 Å². The molecule has 0 amide bonds. The Morgan fingerprint density at radius 2 is 2.04 bits per heavy atom. The number of benzene rings is 1. The highest BCUT2D eigenvalue weighted by Crippen LogP contribution is 2.30. The van der Waals surface area contributed by atoms with Crippen LogP contribution in [0.25, 0.3) is 0 Å². The second-order valence-electron chi connectivity index (χ2n) is 6.07. The number of thiazole rings is 1. The maximum atomic E-state index is 12.5. The Hall–Kier alpha value is -1.36. The molecule has 0 aliphatic heterocycles. The van der Waals surface area contributed by atoms with Gasteiger partial charge in [0.25, 0.3) is 0 Å². The summed E-state index contributed by atoms with van der Waals surface area (Å²) in [7, 11) is 1.66. The Kier molecular flexibility index (Phi) is 9.51. The molecule has 1 atom stereocenters. The third-order valence-electron chi connectivity index (χ3n) is 3.88. The second-order valence-corrected chi connectivity index (χ2v) is 7.01. The van der Waals surface area contributed by atoms with Crippen molar-refractivity contribution >= 4 is 41.3 Å². The lowest BCUT2D eigenvalue weighted by atomic mass is 9.99. The van der Waals surface area contributed by atoms with Crippen LogP contribution in [0.5, 0.6) is 0 Å². The molecule has 0 aliphatic carbocycles. The summed E-state index contributed by atoms with van der Waals surface area (Å²) in [5.74, 6) is 0.930. The van der Waals surface area contributed by atoms with E-state index in [-0.39, 0.29) is 24.0 Å². The molecule has 4 nitrogen and oxygen atoms in total. The number of aryl methyl sites for hydroxylation is 1. The number of alkyl halides is 3. The van der Waals surface area contributed by atoms with Crippen molar-refractivity contribution in [2.45, 2.75) is 32.4 Å². The predicted molar refractivity (Wildman–Crippen MR) is 115 cm³/mol. The van der Waals surface area contributed by atoms with Gasteiger partial charge in [-0.1, -0.05) is 36.8 Å². The zero-order valence-electron chi connectivity index (χ0n) is 15.4. The number of nitrogens with zero attached hydrogens (tertiary/aromatic N) is 2. The summed E-state index contributed by atoms with van der Waals surface area (Å²) in [6.07, 6.45) is -3.97. The SMILES string of the molecule is CN=C(NCCc1nc(C(F)(F)F)cs1)NCC(C)c1cccc(C)c1.I. The first-order valence-corrected chi connectivity index (χ1v) is 9.20. The van der Waals surface area contributed by atoms with E-state index in [1.165, 1.54) is 11.1 Å². The van der Waals surface area contributed by atoms with Gasteiger partial charge in [-0.05, 0) is 18.4 Å². The molecule has 1 aromatic carbocycles.